The second kappa shape index (κ2) is 3.19. The zero-order valence-electron chi connectivity index (χ0n) is 7.10. The van der Waals surface area contributed by atoms with Gasteiger partial charge < -0.3 is 5.32 Å². The van der Waals surface area contributed by atoms with Crippen LogP contribution in [0.2, 0.25) is 0 Å². The van der Waals surface area contributed by atoms with Gasteiger partial charge in [-0.1, -0.05) is 28.1 Å². The number of benzene rings is 1. The molecule has 1 aromatic rings. The van der Waals surface area contributed by atoms with E-state index in [0.29, 0.717) is 6.04 Å². The predicted octanol–water partition coefficient (Wildman–Crippen LogP) is 2.79. The summed E-state index contributed by atoms with van der Waals surface area (Å²) >= 11 is 3.54. The smallest absolute Gasteiger partial charge is 0.0332 e. The van der Waals surface area contributed by atoms with Crippen molar-refractivity contribution in [3.8, 4) is 0 Å². The van der Waals surface area contributed by atoms with Gasteiger partial charge in [-0.05, 0) is 37.1 Å². The molecule has 1 nitrogen and oxygen atoms in total. The van der Waals surface area contributed by atoms with Crippen LogP contribution >= 0.6 is 15.9 Å². The Morgan fingerprint density at radius 1 is 1.50 bits per heavy atom. The average Bonchev–Trinajstić information content (AvgIpc) is 1.93. The van der Waals surface area contributed by atoms with E-state index >= 15 is 0 Å². The summed E-state index contributed by atoms with van der Waals surface area (Å²) in [6.07, 6.45) is 1.27. The van der Waals surface area contributed by atoms with Crippen molar-refractivity contribution in [2.24, 2.45) is 0 Å². The molecule has 1 atom stereocenters. The molecule has 0 aliphatic carbocycles. The summed E-state index contributed by atoms with van der Waals surface area (Å²) in [7, 11) is 0. The maximum absolute atomic E-state index is 3.54. The van der Waals surface area contributed by atoms with Gasteiger partial charge >= 0.3 is 0 Å². The third kappa shape index (κ3) is 1.41. The molecule has 12 heavy (non-hydrogen) atoms. The fraction of sp³-hybridized carbons (Fsp3) is 0.400. The van der Waals surface area contributed by atoms with Gasteiger partial charge in [-0.2, -0.15) is 0 Å². The summed E-state index contributed by atoms with van der Waals surface area (Å²) in [6.45, 7) is 3.28. The van der Waals surface area contributed by atoms with E-state index in [2.05, 4.69) is 46.4 Å². The first kappa shape index (κ1) is 8.27. The molecule has 0 aromatic heterocycles. The highest BCUT2D eigenvalue weighted by Crippen LogP contribution is 2.26. The molecule has 0 unspecified atom stereocenters. The van der Waals surface area contributed by atoms with E-state index in [0.717, 1.165) is 6.54 Å². The topological polar surface area (TPSA) is 12.0 Å². The van der Waals surface area contributed by atoms with Crippen molar-refractivity contribution in [3.63, 3.8) is 0 Å². The van der Waals surface area contributed by atoms with Crippen molar-refractivity contribution in [1.29, 1.82) is 0 Å². The maximum Gasteiger partial charge on any atom is 0.0332 e. The van der Waals surface area contributed by atoms with Crippen LogP contribution in [0, 0.1) is 6.92 Å². The minimum absolute atomic E-state index is 0.599. The fourth-order valence-electron chi connectivity index (χ4n) is 1.40. The molecular weight excluding hydrogens is 214 g/mol. The molecule has 64 valence electrons. The van der Waals surface area contributed by atoms with Crippen molar-refractivity contribution in [3.05, 3.63) is 33.8 Å². The standard InChI is InChI=1S/C10H12BrN/c1-7-2-3-8(6-9(7)11)10-4-5-12-10/h2-3,6,10,12H,4-5H2,1H3/t10-/m1/s1. The van der Waals surface area contributed by atoms with Crippen LogP contribution in [0.15, 0.2) is 22.7 Å². The van der Waals surface area contributed by atoms with E-state index < -0.39 is 0 Å². The van der Waals surface area contributed by atoms with Gasteiger partial charge in [-0.3, -0.25) is 0 Å². The highest BCUT2D eigenvalue weighted by molar-refractivity contribution is 9.10. The first-order chi connectivity index (χ1) is 5.77. The van der Waals surface area contributed by atoms with Crippen LogP contribution < -0.4 is 5.32 Å². The Hall–Kier alpha value is -0.340. The van der Waals surface area contributed by atoms with Gasteiger partial charge in [0.1, 0.15) is 0 Å². The monoisotopic (exact) mass is 225 g/mol. The van der Waals surface area contributed by atoms with Gasteiger partial charge in [0.2, 0.25) is 0 Å². The predicted molar refractivity (Wildman–Crippen MR) is 54.2 cm³/mol. The third-order valence-corrected chi connectivity index (χ3v) is 3.28. The van der Waals surface area contributed by atoms with E-state index in [1.807, 2.05) is 0 Å². The Bertz CT molecular complexity index is 292. The number of hydrogen-bond acceptors (Lipinski definition) is 1. The Balaban J connectivity index is 2.27. The summed E-state index contributed by atoms with van der Waals surface area (Å²) in [5, 5.41) is 3.39. The number of nitrogens with one attached hydrogen (secondary N) is 1. The maximum atomic E-state index is 3.54. The van der Waals surface area contributed by atoms with Crippen LogP contribution in [0.1, 0.15) is 23.6 Å². The first-order valence-corrected chi connectivity index (χ1v) is 5.06. The molecule has 2 heteroatoms. The lowest BCUT2D eigenvalue weighted by molar-refractivity contribution is 0.383. The largest absolute Gasteiger partial charge is 0.310 e. The molecule has 1 fully saturated rings. The molecule has 2 rings (SSSR count). The highest BCUT2D eigenvalue weighted by atomic mass is 79.9. The van der Waals surface area contributed by atoms with Crippen molar-refractivity contribution < 1.29 is 0 Å². The highest BCUT2D eigenvalue weighted by Gasteiger charge is 2.18. The molecule has 1 aromatic carbocycles. The molecule has 0 amide bonds. The Kier molecular flexibility index (Phi) is 2.20. The zero-order chi connectivity index (χ0) is 8.55. The number of aryl methyl sites for hydroxylation is 1. The van der Waals surface area contributed by atoms with E-state index in [4.69, 9.17) is 0 Å². The first-order valence-electron chi connectivity index (χ1n) is 4.27. The van der Waals surface area contributed by atoms with E-state index in [9.17, 15) is 0 Å². The SMILES string of the molecule is Cc1ccc([C@H]2CCN2)cc1Br. The Morgan fingerprint density at radius 2 is 2.25 bits per heavy atom. The van der Waals surface area contributed by atoms with Gasteiger partial charge in [0.15, 0.2) is 0 Å². The Labute approximate surface area is 81.3 Å². The molecule has 1 N–H and O–H groups in total. The lowest BCUT2D eigenvalue weighted by Gasteiger charge is -2.28. The van der Waals surface area contributed by atoms with Gasteiger partial charge in [-0.15, -0.1) is 0 Å². The van der Waals surface area contributed by atoms with Crippen molar-refractivity contribution in [1.82, 2.24) is 5.32 Å². The lowest BCUT2D eigenvalue weighted by atomic mass is 9.97. The molecule has 1 aliphatic rings. The molecule has 1 saturated heterocycles. The summed E-state index contributed by atoms with van der Waals surface area (Å²) in [5.41, 5.74) is 2.71. The van der Waals surface area contributed by atoms with E-state index in [-0.39, 0.29) is 0 Å². The number of halogens is 1. The summed E-state index contributed by atoms with van der Waals surface area (Å²) in [5.74, 6) is 0. The van der Waals surface area contributed by atoms with Gasteiger partial charge in [-0.25, -0.2) is 0 Å². The molecule has 0 bridgehead atoms. The van der Waals surface area contributed by atoms with Crippen LogP contribution in [0.5, 0.6) is 0 Å². The normalized spacial score (nSPS) is 22.0. The van der Waals surface area contributed by atoms with E-state index in [1.165, 1.54) is 22.0 Å². The molecular formula is C10H12BrN. The molecule has 0 saturated carbocycles. The quantitative estimate of drug-likeness (QED) is 0.776. The van der Waals surface area contributed by atoms with E-state index in [1.54, 1.807) is 0 Å². The van der Waals surface area contributed by atoms with Crippen LogP contribution in [0.3, 0.4) is 0 Å². The van der Waals surface area contributed by atoms with Crippen LogP contribution in [0.4, 0.5) is 0 Å². The minimum Gasteiger partial charge on any atom is -0.310 e. The van der Waals surface area contributed by atoms with Gasteiger partial charge in [0.05, 0.1) is 0 Å². The van der Waals surface area contributed by atoms with Crippen molar-refractivity contribution in [2.75, 3.05) is 6.54 Å². The van der Waals surface area contributed by atoms with Crippen LogP contribution in [-0.4, -0.2) is 6.54 Å². The molecule has 1 aliphatic heterocycles. The molecule has 0 spiro atoms. The summed E-state index contributed by atoms with van der Waals surface area (Å²) in [4.78, 5) is 0. The average molecular weight is 226 g/mol. The van der Waals surface area contributed by atoms with Gasteiger partial charge in [0.25, 0.3) is 0 Å². The zero-order valence-corrected chi connectivity index (χ0v) is 8.69. The lowest BCUT2D eigenvalue weighted by Crippen LogP contribution is -2.34. The van der Waals surface area contributed by atoms with Gasteiger partial charge in [0, 0.05) is 10.5 Å². The third-order valence-electron chi connectivity index (χ3n) is 2.42. The van der Waals surface area contributed by atoms with Crippen molar-refractivity contribution in [2.45, 2.75) is 19.4 Å². The Morgan fingerprint density at radius 3 is 2.75 bits per heavy atom. The second-order valence-electron chi connectivity index (χ2n) is 3.30. The minimum atomic E-state index is 0.599. The molecule has 0 radical (unpaired) electrons. The molecule has 1 heterocycles. The van der Waals surface area contributed by atoms with Crippen LogP contribution in [-0.2, 0) is 0 Å². The summed E-state index contributed by atoms with van der Waals surface area (Å²) in [6, 6.07) is 7.18. The van der Waals surface area contributed by atoms with Crippen molar-refractivity contribution >= 4 is 15.9 Å². The fourth-order valence-corrected chi connectivity index (χ4v) is 1.80. The number of hydrogen-bond donors (Lipinski definition) is 1. The summed E-state index contributed by atoms with van der Waals surface area (Å²) < 4.78 is 1.22. The van der Waals surface area contributed by atoms with Crippen LogP contribution in [0.25, 0.3) is 0 Å². The number of rotatable bonds is 1. The second-order valence-corrected chi connectivity index (χ2v) is 4.16.